The van der Waals surface area contributed by atoms with Crippen molar-refractivity contribution in [2.24, 2.45) is 0 Å². The predicted octanol–water partition coefficient (Wildman–Crippen LogP) is -2.67. The normalized spacial score (nSPS) is 9.71. The maximum Gasteiger partial charge on any atom is 0.466 e. The van der Waals surface area contributed by atoms with Crippen LogP contribution in [0.4, 0.5) is 0 Å². The van der Waals surface area contributed by atoms with Crippen LogP contribution in [0.25, 0.3) is 0 Å². The van der Waals surface area contributed by atoms with Crippen molar-refractivity contribution >= 4 is 18.3 Å². The van der Waals surface area contributed by atoms with Crippen molar-refractivity contribution in [2.75, 3.05) is 0 Å². The van der Waals surface area contributed by atoms with Gasteiger partial charge in [-0.2, -0.15) is 0 Å². The zero-order chi connectivity index (χ0) is 6.50. The molecule has 0 aromatic carbocycles. The molecule has 0 radical (unpaired) electrons. The van der Waals surface area contributed by atoms with Crippen LogP contribution in [0.1, 0.15) is 0 Å². The van der Waals surface area contributed by atoms with E-state index in [9.17, 15) is 0 Å². The van der Waals surface area contributed by atoms with Crippen molar-refractivity contribution in [3.8, 4) is 0 Å². The van der Waals surface area contributed by atoms with Crippen LogP contribution >= 0.6 is 7.82 Å². The Hall–Kier alpha value is 0.287. The molecule has 46 valence electrons. The van der Waals surface area contributed by atoms with Gasteiger partial charge in [0.25, 0.3) is 0 Å². The van der Waals surface area contributed by atoms with Crippen LogP contribution in [0.3, 0.4) is 0 Å². The van der Waals surface area contributed by atoms with Gasteiger partial charge in [0.2, 0.25) is 0 Å². The van der Waals surface area contributed by atoms with E-state index >= 15 is 0 Å². The lowest BCUT2D eigenvalue weighted by atomic mass is 15.8. The topological polar surface area (TPSA) is 98.0 Å². The zero-order valence-corrected chi connectivity index (χ0v) is 6.54. The molecule has 0 aliphatic rings. The first-order chi connectivity index (χ1) is 3.00. The van der Waals surface area contributed by atoms with Crippen LogP contribution in [-0.4, -0.2) is 30.0 Å². The molecule has 0 aromatic rings. The first-order valence-electron chi connectivity index (χ1n) is 1.23. The molecule has 0 fully saturated rings. The van der Waals surface area contributed by atoms with Gasteiger partial charge in [-0.25, -0.2) is 4.57 Å². The van der Waals surface area contributed by atoms with Crippen molar-refractivity contribution in [3.05, 3.63) is 0 Å². The highest BCUT2D eigenvalue weighted by Crippen LogP contribution is 2.25. The fourth-order valence-corrected chi connectivity index (χ4v) is 0. The monoisotopic (exact) mass is 146 g/mol. The Labute approximate surface area is 43.4 Å². The molecular formula is H7O5PSi. The summed E-state index contributed by atoms with van der Waals surface area (Å²) in [6.45, 7) is 0. The Morgan fingerprint density at radius 1 is 1.14 bits per heavy atom. The van der Waals surface area contributed by atoms with E-state index in [2.05, 4.69) is 0 Å². The molecule has 0 saturated carbocycles. The molecule has 0 aliphatic carbocycles. The lowest BCUT2D eigenvalue weighted by Crippen LogP contribution is -1.66. The lowest BCUT2D eigenvalue weighted by molar-refractivity contribution is 0.275. The van der Waals surface area contributed by atoms with Crippen molar-refractivity contribution in [2.45, 2.75) is 0 Å². The van der Waals surface area contributed by atoms with Crippen molar-refractivity contribution in [3.63, 3.8) is 0 Å². The average molecular weight is 146 g/mol. The largest absolute Gasteiger partial charge is 0.466 e. The van der Waals surface area contributed by atoms with E-state index < -0.39 is 7.82 Å². The Bertz CT molecular complexity index is 54.2. The van der Waals surface area contributed by atoms with Gasteiger partial charge >= 0.3 is 7.82 Å². The van der Waals surface area contributed by atoms with Crippen LogP contribution in [-0.2, 0) is 4.57 Å². The average Bonchev–Trinajstić information content (AvgIpc) is 1.36. The highest BCUT2D eigenvalue weighted by Gasteiger charge is 2.00. The number of hydrogen-bond donors (Lipinski definition) is 4. The second-order valence-corrected chi connectivity index (χ2v) is 1.54. The molecule has 0 saturated heterocycles. The molecule has 0 amide bonds. The molecule has 0 atom stereocenters. The highest BCUT2D eigenvalue weighted by atomic mass is 31.2. The minimum absolute atomic E-state index is 0.306. The third kappa shape index (κ3) is 1400. The van der Waals surface area contributed by atoms with Gasteiger partial charge < -0.3 is 19.5 Å². The second-order valence-electron chi connectivity index (χ2n) is 0.513. The predicted molar refractivity (Wildman–Crippen MR) is 26.4 cm³/mol. The molecule has 0 unspecified atom stereocenters. The van der Waals surface area contributed by atoms with Gasteiger partial charge in [0.1, 0.15) is 10.5 Å². The van der Waals surface area contributed by atoms with Gasteiger partial charge in [-0.15, -0.1) is 0 Å². The third-order valence-corrected chi connectivity index (χ3v) is 0. The van der Waals surface area contributed by atoms with Crippen LogP contribution in [0.2, 0.25) is 0 Å². The number of hydrogen-bond acceptors (Lipinski definition) is 2. The fraction of sp³-hybridized carbons (Fsp3) is 0. The van der Waals surface area contributed by atoms with Gasteiger partial charge in [-0.3, -0.25) is 0 Å². The summed E-state index contributed by atoms with van der Waals surface area (Å²) in [4.78, 5) is 28.7. The van der Waals surface area contributed by atoms with Crippen LogP contribution in [0, 0.1) is 0 Å². The molecule has 0 aliphatic heterocycles. The minimum atomic E-state index is -4.64. The van der Waals surface area contributed by atoms with Gasteiger partial charge in [0, 0.05) is 0 Å². The van der Waals surface area contributed by atoms with E-state index in [4.69, 9.17) is 24.0 Å². The second kappa shape index (κ2) is 4.45. The molecule has 0 spiro atoms. The van der Waals surface area contributed by atoms with E-state index in [0.717, 1.165) is 0 Å². The highest BCUT2D eigenvalue weighted by molar-refractivity contribution is 7.45. The van der Waals surface area contributed by atoms with Crippen molar-refractivity contribution < 1.29 is 24.0 Å². The fourth-order valence-electron chi connectivity index (χ4n) is 0. The maximum absolute atomic E-state index is 8.88. The molecule has 7 heteroatoms. The summed E-state index contributed by atoms with van der Waals surface area (Å²) in [6, 6.07) is 0. The molecule has 0 heterocycles. The number of rotatable bonds is 0. The zero-order valence-electron chi connectivity index (χ0n) is 3.64. The van der Waals surface area contributed by atoms with E-state index in [-0.39, 0.29) is 0 Å². The lowest BCUT2D eigenvalue weighted by Gasteiger charge is -1.82. The van der Waals surface area contributed by atoms with Gasteiger partial charge in [-0.05, 0) is 0 Å². The molecule has 7 heavy (non-hydrogen) atoms. The Kier molecular flexibility index (Phi) is 6.54. The molecule has 0 aromatic heterocycles. The molecule has 4 N–H and O–H groups in total. The number of phosphoric acid groups is 1. The molecular weight excluding hydrogens is 139 g/mol. The Balaban J connectivity index is 0. The first kappa shape index (κ1) is 10.3. The van der Waals surface area contributed by atoms with Crippen molar-refractivity contribution in [1.29, 1.82) is 0 Å². The van der Waals surface area contributed by atoms with E-state index in [1.54, 1.807) is 0 Å². The van der Waals surface area contributed by atoms with E-state index in [1.165, 1.54) is 0 Å². The van der Waals surface area contributed by atoms with E-state index in [0.29, 0.717) is 10.5 Å². The molecule has 0 rings (SSSR count). The van der Waals surface area contributed by atoms with Gasteiger partial charge in [0.05, 0.1) is 0 Å². The Morgan fingerprint density at radius 2 is 1.14 bits per heavy atom. The standard InChI is InChI=1S/H3O4P.H4OSi/c1-5(2,3)4;1-2/h(H3,1,2,3,4);1H,2H3. The summed E-state index contributed by atoms with van der Waals surface area (Å²) in [5, 5.41) is 0. The SMILES string of the molecule is O=P(O)(O)O.O[SiH3]. The summed E-state index contributed by atoms with van der Waals surface area (Å²) in [5.41, 5.74) is 0. The Morgan fingerprint density at radius 3 is 1.14 bits per heavy atom. The molecule has 0 bridgehead atoms. The van der Waals surface area contributed by atoms with Crippen LogP contribution in [0.5, 0.6) is 0 Å². The summed E-state index contributed by atoms with van der Waals surface area (Å²) in [5.74, 6) is 0. The summed E-state index contributed by atoms with van der Waals surface area (Å²) in [7, 11) is -4.33. The summed E-state index contributed by atoms with van der Waals surface area (Å²) < 4.78 is 8.88. The van der Waals surface area contributed by atoms with Crippen LogP contribution < -0.4 is 0 Å². The maximum atomic E-state index is 8.88. The van der Waals surface area contributed by atoms with Crippen LogP contribution in [0.15, 0.2) is 0 Å². The van der Waals surface area contributed by atoms with Gasteiger partial charge in [-0.1, -0.05) is 0 Å². The molecule has 5 nitrogen and oxygen atoms in total. The van der Waals surface area contributed by atoms with Crippen molar-refractivity contribution in [1.82, 2.24) is 0 Å². The first-order valence-corrected chi connectivity index (χ1v) is 3.69. The van der Waals surface area contributed by atoms with Gasteiger partial charge in [0.15, 0.2) is 0 Å². The summed E-state index contributed by atoms with van der Waals surface area (Å²) in [6.07, 6.45) is 0. The smallest absolute Gasteiger partial charge is 0.442 e. The quantitative estimate of drug-likeness (QED) is 0.221. The van der Waals surface area contributed by atoms with E-state index in [1.807, 2.05) is 0 Å². The minimum Gasteiger partial charge on any atom is -0.442 e. The third-order valence-electron chi connectivity index (χ3n) is 0. The summed E-state index contributed by atoms with van der Waals surface area (Å²) >= 11 is 0.